The van der Waals surface area contributed by atoms with Crippen LogP contribution in [0.3, 0.4) is 0 Å². The highest BCUT2D eigenvalue weighted by atomic mass is 16.3. The number of anilines is 1. The molecule has 2 aromatic rings. The first-order valence-electron chi connectivity index (χ1n) is 7.84. The number of aromatic hydroxyl groups is 1. The quantitative estimate of drug-likeness (QED) is 0.888. The molecule has 3 rings (SSSR count). The summed E-state index contributed by atoms with van der Waals surface area (Å²) in [4.78, 5) is 2.53. The summed E-state index contributed by atoms with van der Waals surface area (Å²) < 4.78 is 0. The maximum Gasteiger partial charge on any atom is 0.115 e. The van der Waals surface area contributed by atoms with Crippen molar-refractivity contribution in [3.05, 3.63) is 59.2 Å². The van der Waals surface area contributed by atoms with Gasteiger partial charge in [-0.25, -0.2) is 0 Å². The zero-order valence-corrected chi connectivity index (χ0v) is 12.8. The molecule has 0 amide bonds. The molecule has 0 saturated heterocycles. The first kappa shape index (κ1) is 14.0. The Labute approximate surface area is 127 Å². The third-order valence-electron chi connectivity index (χ3n) is 4.43. The largest absolute Gasteiger partial charge is 0.508 e. The number of hydrogen-bond donors (Lipinski definition) is 1. The molecular weight excluding hydrogens is 258 g/mol. The van der Waals surface area contributed by atoms with Crippen LogP contribution in [-0.2, 0) is 6.42 Å². The van der Waals surface area contributed by atoms with E-state index in [9.17, 15) is 5.11 Å². The highest BCUT2D eigenvalue weighted by Gasteiger charge is 2.24. The summed E-state index contributed by atoms with van der Waals surface area (Å²) >= 11 is 0. The molecule has 1 N–H and O–H groups in total. The summed E-state index contributed by atoms with van der Waals surface area (Å²) in [5.41, 5.74) is 5.47. The Kier molecular flexibility index (Phi) is 3.87. The molecule has 0 aromatic heterocycles. The van der Waals surface area contributed by atoms with E-state index in [0.29, 0.717) is 11.8 Å². The number of aryl methyl sites for hydroxylation is 2. The SMILES string of the molecule is CCC(c1ccc(O)cc1)N1CCCc2cc(C)ccc21. The summed E-state index contributed by atoms with van der Waals surface area (Å²) in [5, 5.41) is 9.50. The van der Waals surface area contributed by atoms with Crippen LogP contribution in [0.1, 0.15) is 42.5 Å². The van der Waals surface area contributed by atoms with Gasteiger partial charge in [0, 0.05) is 12.2 Å². The van der Waals surface area contributed by atoms with E-state index in [-0.39, 0.29) is 0 Å². The van der Waals surface area contributed by atoms with Crippen LogP contribution >= 0.6 is 0 Å². The van der Waals surface area contributed by atoms with E-state index in [1.807, 2.05) is 12.1 Å². The Balaban J connectivity index is 1.97. The lowest BCUT2D eigenvalue weighted by Crippen LogP contribution is -2.33. The van der Waals surface area contributed by atoms with Crippen molar-refractivity contribution >= 4 is 5.69 Å². The Morgan fingerprint density at radius 1 is 1.14 bits per heavy atom. The molecule has 1 aliphatic heterocycles. The summed E-state index contributed by atoms with van der Waals surface area (Å²) in [7, 11) is 0. The molecule has 21 heavy (non-hydrogen) atoms. The summed E-state index contributed by atoms with van der Waals surface area (Å²) in [6, 6.07) is 14.9. The van der Waals surface area contributed by atoms with Gasteiger partial charge in [-0.1, -0.05) is 36.8 Å². The Morgan fingerprint density at radius 3 is 2.62 bits per heavy atom. The third-order valence-corrected chi connectivity index (χ3v) is 4.43. The average molecular weight is 281 g/mol. The van der Waals surface area contributed by atoms with Crippen LogP contribution in [0.2, 0.25) is 0 Å². The van der Waals surface area contributed by atoms with Gasteiger partial charge in [0.15, 0.2) is 0 Å². The minimum Gasteiger partial charge on any atom is -0.508 e. The van der Waals surface area contributed by atoms with Crippen LogP contribution in [0.5, 0.6) is 5.75 Å². The van der Waals surface area contributed by atoms with Gasteiger partial charge in [-0.2, -0.15) is 0 Å². The Bertz CT molecular complexity index is 618. The van der Waals surface area contributed by atoms with E-state index >= 15 is 0 Å². The summed E-state index contributed by atoms with van der Waals surface area (Å²) in [6.45, 7) is 5.51. The van der Waals surface area contributed by atoms with Crippen LogP contribution < -0.4 is 4.90 Å². The monoisotopic (exact) mass is 281 g/mol. The lowest BCUT2D eigenvalue weighted by atomic mass is 9.94. The lowest BCUT2D eigenvalue weighted by Gasteiger charge is -2.38. The van der Waals surface area contributed by atoms with Gasteiger partial charge in [0.25, 0.3) is 0 Å². The summed E-state index contributed by atoms with van der Waals surface area (Å²) in [5.74, 6) is 0.336. The number of phenols is 1. The van der Waals surface area contributed by atoms with Gasteiger partial charge in [0.05, 0.1) is 6.04 Å². The first-order chi connectivity index (χ1) is 10.2. The van der Waals surface area contributed by atoms with Crippen molar-refractivity contribution in [1.82, 2.24) is 0 Å². The lowest BCUT2D eigenvalue weighted by molar-refractivity contribution is 0.474. The number of nitrogens with zero attached hydrogens (tertiary/aromatic N) is 1. The molecular formula is C19H23NO. The van der Waals surface area contributed by atoms with Gasteiger partial charge < -0.3 is 10.0 Å². The molecule has 0 fully saturated rings. The van der Waals surface area contributed by atoms with Gasteiger partial charge in [-0.05, 0) is 55.5 Å². The fourth-order valence-corrected chi connectivity index (χ4v) is 3.41. The second kappa shape index (κ2) is 5.80. The number of fused-ring (bicyclic) bond motifs is 1. The highest BCUT2D eigenvalue weighted by molar-refractivity contribution is 5.58. The van der Waals surface area contributed by atoms with Crippen LogP contribution in [0, 0.1) is 6.92 Å². The second-order valence-electron chi connectivity index (χ2n) is 5.94. The molecule has 2 heteroatoms. The number of rotatable bonds is 3. The van der Waals surface area contributed by atoms with Crippen LogP contribution in [0.15, 0.2) is 42.5 Å². The second-order valence-corrected chi connectivity index (χ2v) is 5.94. The molecule has 0 bridgehead atoms. The first-order valence-corrected chi connectivity index (χ1v) is 7.84. The fourth-order valence-electron chi connectivity index (χ4n) is 3.41. The van der Waals surface area contributed by atoms with Crippen LogP contribution in [0.4, 0.5) is 5.69 Å². The zero-order valence-electron chi connectivity index (χ0n) is 12.8. The zero-order chi connectivity index (χ0) is 14.8. The highest BCUT2D eigenvalue weighted by Crippen LogP contribution is 2.36. The molecule has 2 aromatic carbocycles. The molecule has 2 nitrogen and oxygen atoms in total. The molecule has 1 atom stereocenters. The van der Waals surface area contributed by atoms with Crippen molar-refractivity contribution in [3.8, 4) is 5.75 Å². The molecule has 110 valence electrons. The van der Waals surface area contributed by atoms with Gasteiger partial charge in [-0.3, -0.25) is 0 Å². The van der Waals surface area contributed by atoms with E-state index in [4.69, 9.17) is 0 Å². The van der Waals surface area contributed by atoms with Crippen molar-refractivity contribution in [2.45, 2.75) is 39.2 Å². The fraction of sp³-hybridized carbons (Fsp3) is 0.368. The smallest absolute Gasteiger partial charge is 0.115 e. The molecule has 0 spiro atoms. The van der Waals surface area contributed by atoms with Crippen molar-refractivity contribution in [2.75, 3.05) is 11.4 Å². The van der Waals surface area contributed by atoms with Crippen molar-refractivity contribution in [1.29, 1.82) is 0 Å². The van der Waals surface area contributed by atoms with Crippen molar-refractivity contribution in [3.63, 3.8) is 0 Å². The van der Waals surface area contributed by atoms with E-state index in [0.717, 1.165) is 13.0 Å². The Hall–Kier alpha value is -1.96. The minimum atomic E-state index is 0.336. The molecule has 0 saturated carbocycles. The third kappa shape index (κ3) is 2.76. The molecule has 0 radical (unpaired) electrons. The van der Waals surface area contributed by atoms with Gasteiger partial charge >= 0.3 is 0 Å². The normalized spacial score (nSPS) is 15.6. The minimum absolute atomic E-state index is 0.336. The average Bonchev–Trinajstić information content (AvgIpc) is 2.49. The molecule has 1 aliphatic rings. The topological polar surface area (TPSA) is 23.5 Å². The van der Waals surface area contributed by atoms with Crippen molar-refractivity contribution in [2.24, 2.45) is 0 Å². The number of phenolic OH excluding ortho intramolecular Hbond substituents is 1. The van der Waals surface area contributed by atoms with E-state index in [1.54, 1.807) is 12.1 Å². The number of benzene rings is 2. The van der Waals surface area contributed by atoms with Crippen LogP contribution in [0.25, 0.3) is 0 Å². The van der Waals surface area contributed by atoms with Crippen LogP contribution in [-0.4, -0.2) is 11.7 Å². The van der Waals surface area contributed by atoms with E-state index in [1.165, 1.54) is 35.2 Å². The predicted molar refractivity (Wildman–Crippen MR) is 88.0 cm³/mol. The van der Waals surface area contributed by atoms with Gasteiger partial charge in [0.2, 0.25) is 0 Å². The molecule has 1 heterocycles. The summed E-state index contributed by atoms with van der Waals surface area (Å²) in [6.07, 6.45) is 3.46. The maximum atomic E-state index is 9.50. The standard InChI is InChI=1S/C19H23NO/c1-3-18(15-7-9-17(21)10-8-15)20-12-4-5-16-13-14(2)6-11-19(16)20/h6-11,13,18,21H,3-5,12H2,1-2H3. The van der Waals surface area contributed by atoms with Crippen molar-refractivity contribution < 1.29 is 5.11 Å². The number of hydrogen-bond acceptors (Lipinski definition) is 2. The van der Waals surface area contributed by atoms with Gasteiger partial charge in [-0.15, -0.1) is 0 Å². The predicted octanol–water partition coefficient (Wildman–Crippen LogP) is 4.60. The van der Waals surface area contributed by atoms with Gasteiger partial charge in [0.1, 0.15) is 5.75 Å². The van der Waals surface area contributed by atoms with E-state index < -0.39 is 0 Å². The molecule has 1 unspecified atom stereocenters. The Morgan fingerprint density at radius 2 is 1.90 bits per heavy atom. The molecule has 0 aliphatic carbocycles. The van der Waals surface area contributed by atoms with E-state index in [2.05, 4.69) is 36.9 Å². The maximum absolute atomic E-state index is 9.50.